The van der Waals surface area contributed by atoms with Crippen LogP contribution in [0.25, 0.3) is 11.4 Å². The molecule has 1 heterocycles. The Morgan fingerprint density at radius 1 is 1.24 bits per heavy atom. The first-order valence-electron chi connectivity index (χ1n) is 8.93. The number of aromatic amines is 1. The Morgan fingerprint density at radius 2 is 1.97 bits per heavy atom. The third-order valence-corrected chi connectivity index (χ3v) is 4.37. The molecule has 0 bridgehead atoms. The minimum absolute atomic E-state index is 0.0692. The van der Waals surface area contributed by atoms with E-state index < -0.39 is 11.4 Å². The predicted molar refractivity (Wildman–Crippen MR) is 110 cm³/mol. The minimum Gasteiger partial charge on any atom is -0.506 e. The van der Waals surface area contributed by atoms with Crippen LogP contribution in [0.15, 0.2) is 57.2 Å². The minimum atomic E-state index is -0.619. The molecule has 0 aliphatic rings. The molecule has 3 aromatic rings. The lowest BCUT2D eigenvalue weighted by atomic mass is 10.1. The van der Waals surface area contributed by atoms with Crippen LogP contribution >= 0.6 is 0 Å². The predicted octanol–water partition coefficient (Wildman–Crippen LogP) is 1.96. The molecule has 0 spiro atoms. The van der Waals surface area contributed by atoms with Crippen molar-refractivity contribution in [3.8, 4) is 29.5 Å². The number of nitrogens with one attached hydrogen (secondary N) is 1. The van der Waals surface area contributed by atoms with Crippen molar-refractivity contribution in [2.75, 3.05) is 6.61 Å². The van der Waals surface area contributed by atoms with Gasteiger partial charge < -0.3 is 9.94 Å². The van der Waals surface area contributed by atoms with Crippen LogP contribution in [0.2, 0.25) is 0 Å². The summed E-state index contributed by atoms with van der Waals surface area (Å²) in [6.45, 7) is 3.78. The van der Waals surface area contributed by atoms with Crippen molar-refractivity contribution in [2.45, 2.75) is 20.3 Å². The highest BCUT2D eigenvalue weighted by molar-refractivity contribution is 5.98. The second-order valence-corrected chi connectivity index (χ2v) is 6.25. The third-order valence-electron chi connectivity index (χ3n) is 4.37. The van der Waals surface area contributed by atoms with Gasteiger partial charge in [-0.05, 0) is 48.7 Å². The van der Waals surface area contributed by atoms with Crippen LogP contribution in [-0.2, 0) is 11.3 Å². The molecule has 3 rings (SSSR count). The normalized spacial score (nSPS) is 11.3. The number of oxime groups is 1. The SMILES string of the molecule is C#CCON=C(C)c1ccc(-n2c(=O)[nH]n(-c3cc(CC)ccc3O)c2=O)cc1. The van der Waals surface area contributed by atoms with Gasteiger partial charge in [0.15, 0.2) is 6.61 Å². The van der Waals surface area contributed by atoms with Crippen LogP contribution in [0.5, 0.6) is 5.75 Å². The van der Waals surface area contributed by atoms with E-state index in [-0.39, 0.29) is 18.0 Å². The van der Waals surface area contributed by atoms with Crippen molar-refractivity contribution in [2.24, 2.45) is 5.16 Å². The Balaban J connectivity index is 2.00. The van der Waals surface area contributed by atoms with Crippen molar-refractivity contribution in [3.63, 3.8) is 0 Å². The molecular weight excluding hydrogens is 372 g/mol. The van der Waals surface area contributed by atoms with Crippen LogP contribution in [0.4, 0.5) is 0 Å². The van der Waals surface area contributed by atoms with Crippen molar-refractivity contribution >= 4 is 5.71 Å². The molecule has 148 valence electrons. The summed E-state index contributed by atoms with van der Waals surface area (Å²) < 4.78 is 2.02. The van der Waals surface area contributed by atoms with Crippen molar-refractivity contribution in [1.82, 2.24) is 14.3 Å². The molecule has 0 atom stereocenters. The number of phenols is 1. The van der Waals surface area contributed by atoms with Crippen LogP contribution in [-0.4, -0.2) is 31.8 Å². The zero-order valence-corrected chi connectivity index (χ0v) is 16.0. The second-order valence-electron chi connectivity index (χ2n) is 6.25. The van der Waals surface area contributed by atoms with Gasteiger partial charge in [0.25, 0.3) is 0 Å². The first-order valence-corrected chi connectivity index (χ1v) is 8.93. The van der Waals surface area contributed by atoms with Gasteiger partial charge in [-0.25, -0.2) is 19.3 Å². The number of terminal acetylenes is 1. The van der Waals surface area contributed by atoms with Gasteiger partial charge in [-0.1, -0.05) is 36.2 Å². The standard InChI is InChI=1S/C21H20N4O4/c1-4-12-29-23-14(3)16-7-9-17(10-8-16)24-20(27)22-25(21(24)28)18-13-15(5-2)6-11-19(18)26/h1,6-11,13,26H,5,12H2,2-3H3,(H,22,27). The number of aryl methyl sites for hydroxylation is 1. The summed E-state index contributed by atoms with van der Waals surface area (Å²) >= 11 is 0. The van der Waals surface area contributed by atoms with E-state index >= 15 is 0 Å². The fourth-order valence-electron chi connectivity index (χ4n) is 2.81. The highest BCUT2D eigenvalue weighted by Crippen LogP contribution is 2.21. The Bertz CT molecular complexity index is 1210. The van der Waals surface area contributed by atoms with Gasteiger partial charge in [-0.2, -0.15) is 4.68 Å². The van der Waals surface area contributed by atoms with Gasteiger partial charge in [0.05, 0.1) is 11.4 Å². The van der Waals surface area contributed by atoms with Crippen LogP contribution in [0, 0.1) is 12.3 Å². The van der Waals surface area contributed by atoms with E-state index in [4.69, 9.17) is 11.3 Å². The van der Waals surface area contributed by atoms with E-state index in [1.165, 1.54) is 6.07 Å². The molecule has 29 heavy (non-hydrogen) atoms. The smallest absolute Gasteiger partial charge is 0.356 e. The number of aromatic nitrogens is 3. The van der Waals surface area contributed by atoms with E-state index in [1.54, 1.807) is 43.3 Å². The molecular formula is C21H20N4O4. The highest BCUT2D eigenvalue weighted by atomic mass is 16.6. The van der Waals surface area contributed by atoms with E-state index in [0.29, 0.717) is 11.4 Å². The maximum Gasteiger partial charge on any atom is 0.356 e. The number of hydrogen-bond donors (Lipinski definition) is 2. The number of rotatable bonds is 6. The number of nitrogens with zero attached hydrogens (tertiary/aromatic N) is 3. The number of H-pyrrole nitrogens is 1. The lowest BCUT2D eigenvalue weighted by Gasteiger charge is -2.06. The maximum atomic E-state index is 12.9. The van der Waals surface area contributed by atoms with Gasteiger partial charge in [0, 0.05) is 0 Å². The molecule has 2 N–H and O–H groups in total. The van der Waals surface area contributed by atoms with Gasteiger partial charge >= 0.3 is 11.4 Å². The molecule has 0 amide bonds. The summed E-state index contributed by atoms with van der Waals surface area (Å²) in [5.74, 6) is 2.21. The zero-order valence-electron chi connectivity index (χ0n) is 16.0. The van der Waals surface area contributed by atoms with Gasteiger partial charge in [-0.3, -0.25) is 0 Å². The lowest BCUT2D eigenvalue weighted by Crippen LogP contribution is -2.26. The number of benzene rings is 2. The summed E-state index contributed by atoms with van der Waals surface area (Å²) in [4.78, 5) is 30.2. The molecule has 0 saturated heterocycles. The van der Waals surface area contributed by atoms with Gasteiger partial charge in [0.1, 0.15) is 11.4 Å². The van der Waals surface area contributed by atoms with E-state index in [1.807, 2.05) is 6.92 Å². The van der Waals surface area contributed by atoms with Gasteiger partial charge in [-0.15, -0.1) is 6.42 Å². The fraction of sp³-hybridized carbons (Fsp3) is 0.190. The molecule has 8 heteroatoms. The van der Waals surface area contributed by atoms with Crippen LogP contribution < -0.4 is 11.4 Å². The quantitative estimate of drug-likeness (QED) is 0.290. The summed E-state index contributed by atoms with van der Waals surface area (Å²) in [6.07, 6.45) is 5.83. The van der Waals surface area contributed by atoms with Gasteiger partial charge in [0.2, 0.25) is 0 Å². The number of aromatic hydroxyl groups is 1. The molecule has 2 aromatic carbocycles. The lowest BCUT2D eigenvalue weighted by molar-refractivity contribution is 0.180. The number of hydrogen-bond acceptors (Lipinski definition) is 5. The summed E-state index contributed by atoms with van der Waals surface area (Å²) in [6, 6.07) is 11.6. The highest BCUT2D eigenvalue weighted by Gasteiger charge is 2.15. The molecule has 0 unspecified atom stereocenters. The molecule has 0 fully saturated rings. The Labute approximate surface area is 166 Å². The van der Waals surface area contributed by atoms with Crippen molar-refractivity contribution < 1.29 is 9.94 Å². The summed E-state index contributed by atoms with van der Waals surface area (Å²) in [5, 5.41) is 16.5. The van der Waals surface area contributed by atoms with Crippen molar-refractivity contribution in [1.29, 1.82) is 0 Å². The Kier molecular flexibility index (Phi) is 5.69. The van der Waals surface area contributed by atoms with Crippen LogP contribution in [0.3, 0.4) is 0 Å². The molecule has 8 nitrogen and oxygen atoms in total. The molecule has 0 aliphatic heterocycles. The van der Waals surface area contributed by atoms with Crippen molar-refractivity contribution in [3.05, 3.63) is 74.6 Å². The average molecular weight is 392 g/mol. The Morgan fingerprint density at radius 3 is 2.62 bits per heavy atom. The summed E-state index contributed by atoms with van der Waals surface area (Å²) in [7, 11) is 0. The number of phenolic OH excluding ortho intramolecular Hbond substituents is 1. The monoisotopic (exact) mass is 392 g/mol. The van der Waals surface area contributed by atoms with E-state index in [2.05, 4.69) is 16.2 Å². The van der Waals surface area contributed by atoms with E-state index in [0.717, 1.165) is 26.8 Å². The maximum absolute atomic E-state index is 12.9. The first kappa shape index (κ1) is 19.8. The Hall–Kier alpha value is -3.99. The third kappa shape index (κ3) is 3.99. The molecule has 0 saturated carbocycles. The topological polar surface area (TPSA) is 102 Å². The second kappa shape index (κ2) is 8.35. The fourth-order valence-corrected chi connectivity index (χ4v) is 2.81. The zero-order chi connectivity index (χ0) is 21.0. The summed E-state index contributed by atoms with van der Waals surface area (Å²) in [5.41, 5.74) is 1.64. The average Bonchev–Trinajstić information content (AvgIpc) is 3.02. The molecule has 0 radical (unpaired) electrons. The molecule has 1 aromatic heterocycles. The molecule has 0 aliphatic carbocycles. The first-order chi connectivity index (χ1) is 14.0. The van der Waals surface area contributed by atoms with E-state index in [9.17, 15) is 14.7 Å². The largest absolute Gasteiger partial charge is 0.506 e. The van der Waals surface area contributed by atoms with Crippen LogP contribution in [0.1, 0.15) is 25.0 Å².